The van der Waals surface area contributed by atoms with Gasteiger partial charge in [-0.3, -0.25) is 0 Å². The molecule has 1 aromatic rings. The number of hydrogen-bond acceptors (Lipinski definition) is 3. The fourth-order valence-corrected chi connectivity index (χ4v) is 1.26. The Kier molecular flexibility index (Phi) is 5.43. The third kappa shape index (κ3) is 3.59. The van der Waals surface area contributed by atoms with Crippen LogP contribution in [0.3, 0.4) is 0 Å². The molecular formula is C13H18O3. The summed E-state index contributed by atoms with van der Waals surface area (Å²) >= 11 is 0. The summed E-state index contributed by atoms with van der Waals surface area (Å²) in [6.07, 6.45) is 2.63. The molecule has 0 heterocycles. The monoisotopic (exact) mass is 222 g/mol. The first-order chi connectivity index (χ1) is 7.81. The van der Waals surface area contributed by atoms with Gasteiger partial charge in [-0.25, -0.2) is 0 Å². The third-order valence-corrected chi connectivity index (χ3v) is 2.04. The maximum Gasteiger partial charge on any atom is 0.128 e. The minimum absolute atomic E-state index is 0.0411. The fourth-order valence-electron chi connectivity index (χ4n) is 1.26. The Morgan fingerprint density at radius 1 is 1.38 bits per heavy atom. The van der Waals surface area contributed by atoms with Gasteiger partial charge in [0.15, 0.2) is 0 Å². The molecule has 0 saturated carbocycles. The second kappa shape index (κ2) is 6.90. The van der Waals surface area contributed by atoms with Crippen molar-refractivity contribution in [2.75, 3.05) is 13.2 Å². The Morgan fingerprint density at radius 3 is 2.81 bits per heavy atom. The summed E-state index contributed by atoms with van der Waals surface area (Å²) in [4.78, 5) is 0. The highest BCUT2D eigenvalue weighted by molar-refractivity contribution is 5.40. The quantitative estimate of drug-likeness (QED) is 0.720. The van der Waals surface area contributed by atoms with Gasteiger partial charge in [0.2, 0.25) is 0 Å². The lowest BCUT2D eigenvalue weighted by Crippen LogP contribution is -2.00. The number of ether oxygens (including phenoxy) is 2. The van der Waals surface area contributed by atoms with Crippen molar-refractivity contribution in [3.63, 3.8) is 0 Å². The Hall–Kier alpha value is -1.48. The van der Waals surface area contributed by atoms with Crippen molar-refractivity contribution in [3.05, 3.63) is 36.4 Å². The molecule has 0 unspecified atom stereocenters. The molecule has 0 spiro atoms. The number of rotatable bonds is 7. The van der Waals surface area contributed by atoms with E-state index >= 15 is 0 Å². The standard InChI is InChI=1S/C13H18O3/c1-3-7-15-12-6-5-11(10-14)13(9-12)16-8-4-2/h4-6,9,14H,2-3,7-8,10H2,1H3. The molecule has 0 atom stereocenters. The molecule has 1 N–H and O–H groups in total. The average molecular weight is 222 g/mol. The molecule has 3 heteroatoms. The lowest BCUT2D eigenvalue weighted by Gasteiger charge is -2.11. The molecular weight excluding hydrogens is 204 g/mol. The predicted molar refractivity (Wildman–Crippen MR) is 63.8 cm³/mol. The van der Waals surface area contributed by atoms with E-state index in [0.717, 1.165) is 17.7 Å². The smallest absolute Gasteiger partial charge is 0.128 e. The van der Waals surface area contributed by atoms with E-state index in [4.69, 9.17) is 14.6 Å². The minimum Gasteiger partial charge on any atom is -0.493 e. The zero-order valence-corrected chi connectivity index (χ0v) is 9.61. The molecule has 0 aliphatic carbocycles. The highest BCUT2D eigenvalue weighted by atomic mass is 16.5. The highest BCUT2D eigenvalue weighted by Gasteiger charge is 2.04. The molecule has 16 heavy (non-hydrogen) atoms. The predicted octanol–water partition coefficient (Wildman–Crippen LogP) is 2.53. The number of hydrogen-bond donors (Lipinski definition) is 1. The van der Waals surface area contributed by atoms with Crippen LogP contribution in [0.25, 0.3) is 0 Å². The van der Waals surface area contributed by atoms with Crippen LogP contribution in [-0.2, 0) is 6.61 Å². The summed E-state index contributed by atoms with van der Waals surface area (Å²) in [7, 11) is 0. The normalized spacial score (nSPS) is 9.88. The lowest BCUT2D eigenvalue weighted by atomic mass is 10.2. The van der Waals surface area contributed by atoms with Crippen LogP contribution in [0, 0.1) is 0 Å². The summed E-state index contributed by atoms with van der Waals surface area (Å²) in [6.45, 7) is 6.70. The second-order valence-electron chi connectivity index (χ2n) is 3.38. The van der Waals surface area contributed by atoms with Gasteiger partial charge in [0.1, 0.15) is 18.1 Å². The molecule has 1 aromatic carbocycles. The van der Waals surface area contributed by atoms with Crippen LogP contribution < -0.4 is 9.47 Å². The topological polar surface area (TPSA) is 38.7 Å². The molecule has 0 saturated heterocycles. The maximum atomic E-state index is 9.14. The largest absolute Gasteiger partial charge is 0.493 e. The van der Waals surface area contributed by atoms with Crippen LogP contribution in [0.4, 0.5) is 0 Å². The van der Waals surface area contributed by atoms with E-state index in [1.54, 1.807) is 12.1 Å². The first-order valence-electron chi connectivity index (χ1n) is 5.42. The summed E-state index contributed by atoms with van der Waals surface area (Å²) in [5.74, 6) is 1.41. The third-order valence-electron chi connectivity index (χ3n) is 2.04. The van der Waals surface area contributed by atoms with Gasteiger partial charge in [0, 0.05) is 11.6 Å². The minimum atomic E-state index is -0.0411. The summed E-state index contributed by atoms with van der Waals surface area (Å²) in [6, 6.07) is 5.44. The van der Waals surface area contributed by atoms with Crippen LogP contribution in [0.15, 0.2) is 30.9 Å². The average Bonchev–Trinajstić information content (AvgIpc) is 2.33. The van der Waals surface area contributed by atoms with Gasteiger partial charge in [-0.1, -0.05) is 19.6 Å². The van der Waals surface area contributed by atoms with Crippen molar-refractivity contribution in [2.45, 2.75) is 20.0 Å². The molecule has 1 rings (SSSR count). The maximum absolute atomic E-state index is 9.14. The van der Waals surface area contributed by atoms with Gasteiger partial charge in [-0.15, -0.1) is 0 Å². The van der Waals surface area contributed by atoms with Gasteiger partial charge in [0.05, 0.1) is 13.2 Å². The van der Waals surface area contributed by atoms with Crippen molar-refractivity contribution < 1.29 is 14.6 Å². The fraction of sp³-hybridized carbons (Fsp3) is 0.385. The van der Waals surface area contributed by atoms with Gasteiger partial charge in [0.25, 0.3) is 0 Å². The van der Waals surface area contributed by atoms with Crippen LogP contribution in [0.2, 0.25) is 0 Å². The van der Waals surface area contributed by atoms with Crippen molar-refractivity contribution >= 4 is 0 Å². The number of aliphatic hydroxyl groups is 1. The van der Waals surface area contributed by atoms with E-state index in [1.807, 2.05) is 12.1 Å². The molecule has 0 radical (unpaired) electrons. The van der Waals surface area contributed by atoms with E-state index in [2.05, 4.69) is 13.5 Å². The summed E-state index contributed by atoms with van der Waals surface area (Å²) < 4.78 is 10.9. The van der Waals surface area contributed by atoms with Crippen LogP contribution in [0.1, 0.15) is 18.9 Å². The Labute approximate surface area is 96.3 Å². The van der Waals surface area contributed by atoms with Crippen LogP contribution >= 0.6 is 0 Å². The molecule has 0 amide bonds. The van der Waals surface area contributed by atoms with E-state index in [9.17, 15) is 0 Å². The molecule has 0 fully saturated rings. The molecule has 0 aromatic heterocycles. The molecule has 0 aliphatic heterocycles. The number of aliphatic hydroxyl groups excluding tert-OH is 1. The highest BCUT2D eigenvalue weighted by Crippen LogP contribution is 2.25. The molecule has 3 nitrogen and oxygen atoms in total. The summed E-state index contributed by atoms with van der Waals surface area (Å²) in [5.41, 5.74) is 0.755. The van der Waals surface area contributed by atoms with E-state index in [1.165, 1.54) is 0 Å². The van der Waals surface area contributed by atoms with Crippen molar-refractivity contribution in [1.29, 1.82) is 0 Å². The van der Waals surface area contributed by atoms with Crippen molar-refractivity contribution in [2.24, 2.45) is 0 Å². The van der Waals surface area contributed by atoms with Gasteiger partial charge >= 0.3 is 0 Å². The number of benzene rings is 1. The molecule has 0 aliphatic rings. The van der Waals surface area contributed by atoms with Gasteiger partial charge < -0.3 is 14.6 Å². The Balaban J connectivity index is 2.78. The van der Waals surface area contributed by atoms with E-state index < -0.39 is 0 Å². The van der Waals surface area contributed by atoms with E-state index in [0.29, 0.717) is 19.0 Å². The Bertz CT molecular complexity index is 334. The zero-order chi connectivity index (χ0) is 11.8. The van der Waals surface area contributed by atoms with E-state index in [-0.39, 0.29) is 6.61 Å². The zero-order valence-electron chi connectivity index (χ0n) is 9.61. The molecule has 88 valence electrons. The van der Waals surface area contributed by atoms with Crippen LogP contribution in [-0.4, -0.2) is 18.3 Å². The SMILES string of the molecule is C=CCOc1cc(OCCC)ccc1CO. The van der Waals surface area contributed by atoms with Crippen molar-refractivity contribution in [3.8, 4) is 11.5 Å². The molecule has 0 bridgehead atoms. The van der Waals surface area contributed by atoms with Gasteiger partial charge in [-0.05, 0) is 18.6 Å². The van der Waals surface area contributed by atoms with Crippen LogP contribution in [0.5, 0.6) is 11.5 Å². The summed E-state index contributed by atoms with van der Waals surface area (Å²) in [5, 5.41) is 9.14. The second-order valence-corrected chi connectivity index (χ2v) is 3.38. The van der Waals surface area contributed by atoms with Crippen molar-refractivity contribution in [1.82, 2.24) is 0 Å². The lowest BCUT2D eigenvalue weighted by molar-refractivity contribution is 0.268. The first-order valence-corrected chi connectivity index (χ1v) is 5.42. The first kappa shape index (κ1) is 12.6. The van der Waals surface area contributed by atoms with Gasteiger partial charge in [-0.2, -0.15) is 0 Å². The Morgan fingerprint density at radius 2 is 2.19 bits per heavy atom.